The average Bonchev–Trinajstić information content (AvgIpc) is 2.47. The van der Waals surface area contributed by atoms with Crippen molar-refractivity contribution in [3.05, 3.63) is 0 Å². The maximum absolute atomic E-state index is 11.6. The minimum Gasteiger partial charge on any atom is -0.380 e. The first-order valence-corrected chi connectivity index (χ1v) is 8.66. The van der Waals surface area contributed by atoms with Gasteiger partial charge in [-0.2, -0.15) is 13.1 Å². The minimum absolute atomic E-state index is 0.0606. The number of halogens is 1. The molecule has 18 heavy (non-hydrogen) atoms. The van der Waals surface area contributed by atoms with Crippen molar-refractivity contribution < 1.29 is 17.3 Å². The second-order valence-electron chi connectivity index (χ2n) is 4.49. The third kappa shape index (κ3) is 5.13. The van der Waals surface area contributed by atoms with Gasteiger partial charge in [-0.25, -0.2) is 0 Å². The lowest BCUT2D eigenvalue weighted by atomic mass is 10.0. The Labute approximate surface area is 118 Å². The molecule has 5 nitrogen and oxygen atoms in total. The fourth-order valence-electron chi connectivity index (χ4n) is 2.07. The molecule has 0 unspecified atom stereocenters. The largest absolute Gasteiger partial charge is 0.380 e. The van der Waals surface area contributed by atoms with Crippen molar-refractivity contribution in [2.45, 2.75) is 56.0 Å². The van der Waals surface area contributed by atoms with E-state index < -0.39 is 10.3 Å². The topological polar surface area (TPSA) is 64.6 Å². The molecule has 0 radical (unpaired) electrons. The Morgan fingerprint density at radius 2 is 2.22 bits per heavy atom. The van der Waals surface area contributed by atoms with E-state index >= 15 is 0 Å². The summed E-state index contributed by atoms with van der Waals surface area (Å²) in [6.45, 7) is 2.31. The number of hydrogen-bond donors (Lipinski definition) is 1. The predicted molar refractivity (Wildman–Crippen MR) is 74.1 cm³/mol. The van der Waals surface area contributed by atoms with Crippen LogP contribution in [0.5, 0.6) is 0 Å². The molecule has 1 rings (SSSR count). The van der Waals surface area contributed by atoms with Crippen LogP contribution in [0.15, 0.2) is 0 Å². The number of rotatable bonds is 6. The van der Waals surface area contributed by atoms with Crippen molar-refractivity contribution in [3.8, 4) is 0 Å². The van der Waals surface area contributed by atoms with Gasteiger partial charge in [-0.05, 0) is 6.42 Å². The van der Waals surface area contributed by atoms with Gasteiger partial charge in [0.25, 0.3) is 0 Å². The van der Waals surface area contributed by atoms with Gasteiger partial charge in [0.15, 0.2) is 0 Å². The van der Waals surface area contributed by atoms with E-state index in [-0.39, 0.29) is 23.6 Å². The Balaban J connectivity index is 2.66. The van der Waals surface area contributed by atoms with E-state index in [1.54, 1.807) is 7.11 Å². The lowest BCUT2D eigenvalue weighted by molar-refractivity contribution is 0.0647. The molecule has 0 aliphatic carbocycles. The normalized spacial score (nSPS) is 29.7. The zero-order valence-corrected chi connectivity index (χ0v) is 13.3. The SMILES string of the molecule is CCCCC[C@H](Br)[C@H]1NS(=O)(=O)OCC[C@H]1OC. The summed E-state index contributed by atoms with van der Waals surface area (Å²) in [7, 11) is -2.05. The number of hydrogen-bond acceptors (Lipinski definition) is 4. The minimum atomic E-state index is -3.65. The van der Waals surface area contributed by atoms with Gasteiger partial charge in [0.05, 0.1) is 18.8 Å². The zero-order chi connectivity index (χ0) is 13.6. The van der Waals surface area contributed by atoms with E-state index in [1.807, 2.05) is 0 Å². The van der Waals surface area contributed by atoms with Gasteiger partial charge in [-0.3, -0.25) is 4.18 Å². The third-order valence-corrected chi connectivity index (χ3v) is 5.16. The van der Waals surface area contributed by atoms with Crippen LogP contribution in [-0.4, -0.2) is 39.1 Å². The molecule has 3 atom stereocenters. The molecule has 0 spiro atoms. The zero-order valence-electron chi connectivity index (χ0n) is 10.9. The van der Waals surface area contributed by atoms with Crippen molar-refractivity contribution in [1.82, 2.24) is 4.72 Å². The van der Waals surface area contributed by atoms with Crippen LogP contribution in [0.25, 0.3) is 0 Å². The van der Waals surface area contributed by atoms with Crippen molar-refractivity contribution >= 4 is 26.2 Å². The summed E-state index contributed by atoms with van der Waals surface area (Å²) in [5, 5.41) is 0. The van der Waals surface area contributed by atoms with Gasteiger partial charge in [0.2, 0.25) is 0 Å². The molecule has 0 aromatic heterocycles. The third-order valence-electron chi connectivity index (χ3n) is 3.10. The quantitative estimate of drug-likeness (QED) is 0.591. The summed E-state index contributed by atoms with van der Waals surface area (Å²) in [5.41, 5.74) is 0. The average molecular weight is 344 g/mol. The lowest BCUT2D eigenvalue weighted by Gasteiger charge is -2.27. The molecule has 1 N–H and O–H groups in total. The number of ether oxygens (including phenoxy) is 1. The Bertz CT molecular complexity index is 336. The van der Waals surface area contributed by atoms with Gasteiger partial charge in [0.1, 0.15) is 0 Å². The first-order chi connectivity index (χ1) is 8.50. The smallest absolute Gasteiger partial charge is 0.336 e. The molecule has 1 saturated heterocycles. The van der Waals surface area contributed by atoms with E-state index in [0.717, 1.165) is 25.7 Å². The van der Waals surface area contributed by atoms with E-state index in [0.29, 0.717) is 6.42 Å². The van der Waals surface area contributed by atoms with E-state index in [1.165, 1.54) is 0 Å². The van der Waals surface area contributed by atoms with Crippen molar-refractivity contribution in [3.63, 3.8) is 0 Å². The maximum Gasteiger partial charge on any atom is 0.336 e. The summed E-state index contributed by atoms with van der Waals surface area (Å²) in [5.74, 6) is 0. The summed E-state index contributed by atoms with van der Waals surface area (Å²) < 4.78 is 35.9. The highest BCUT2D eigenvalue weighted by Crippen LogP contribution is 2.23. The Kier molecular flexibility index (Phi) is 7.08. The lowest BCUT2D eigenvalue weighted by Crippen LogP contribution is -2.47. The monoisotopic (exact) mass is 343 g/mol. The fraction of sp³-hybridized carbons (Fsp3) is 1.00. The predicted octanol–water partition coefficient (Wildman–Crippen LogP) is 1.97. The Morgan fingerprint density at radius 3 is 2.83 bits per heavy atom. The van der Waals surface area contributed by atoms with Crippen molar-refractivity contribution in [2.24, 2.45) is 0 Å². The highest BCUT2D eigenvalue weighted by molar-refractivity contribution is 9.09. The molecule has 1 aliphatic heterocycles. The fourth-order valence-corrected chi connectivity index (χ4v) is 4.07. The molecular formula is C11H22BrNO4S. The van der Waals surface area contributed by atoms with Gasteiger partial charge >= 0.3 is 10.3 Å². The van der Waals surface area contributed by atoms with Gasteiger partial charge < -0.3 is 4.74 Å². The number of methoxy groups -OCH3 is 1. The molecule has 108 valence electrons. The molecule has 0 saturated carbocycles. The standard InChI is InChI=1S/C11H22BrNO4S/c1-3-4-5-6-9(12)11-10(16-2)7-8-17-18(14,15)13-11/h9-11,13H,3-8H2,1-2H3/t9-,10+,11+/m0/s1. The summed E-state index contributed by atoms with van der Waals surface area (Å²) >= 11 is 3.57. The first-order valence-electron chi connectivity index (χ1n) is 6.33. The van der Waals surface area contributed by atoms with Gasteiger partial charge in [-0.1, -0.05) is 42.1 Å². The molecular weight excluding hydrogens is 322 g/mol. The van der Waals surface area contributed by atoms with Crippen LogP contribution in [0, 0.1) is 0 Å². The summed E-state index contributed by atoms with van der Waals surface area (Å²) in [4.78, 5) is 0.0606. The molecule has 0 amide bonds. The highest BCUT2D eigenvalue weighted by atomic mass is 79.9. The van der Waals surface area contributed by atoms with Crippen LogP contribution >= 0.6 is 15.9 Å². The molecule has 1 aliphatic rings. The van der Waals surface area contributed by atoms with Crippen molar-refractivity contribution in [1.29, 1.82) is 0 Å². The van der Waals surface area contributed by atoms with E-state index in [4.69, 9.17) is 8.92 Å². The van der Waals surface area contributed by atoms with Crippen LogP contribution in [0.3, 0.4) is 0 Å². The molecule has 1 fully saturated rings. The maximum atomic E-state index is 11.6. The van der Waals surface area contributed by atoms with Crippen LogP contribution in [0.1, 0.15) is 39.0 Å². The van der Waals surface area contributed by atoms with Crippen LogP contribution in [-0.2, 0) is 19.2 Å². The first kappa shape index (κ1) is 16.4. The second kappa shape index (κ2) is 7.79. The van der Waals surface area contributed by atoms with E-state index in [2.05, 4.69) is 27.6 Å². The van der Waals surface area contributed by atoms with Gasteiger partial charge in [0, 0.05) is 18.4 Å². The highest BCUT2D eigenvalue weighted by Gasteiger charge is 2.34. The number of unbranched alkanes of at least 4 members (excludes halogenated alkanes) is 2. The summed E-state index contributed by atoms with van der Waals surface area (Å²) in [6, 6.07) is -0.278. The van der Waals surface area contributed by atoms with Gasteiger partial charge in [-0.15, -0.1) is 0 Å². The van der Waals surface area contributed by atoms with Crippen molar-refractivity contribution in [2.75, 3.05) is 13.7 Å². The summed E-state index contributed by atoms with van der Waals surface area (Å²) in [6.07, 6.45) is 4.70. The molecule has 0 aromatic rings. The molecule has 1 heterocycles. The molecule has 0 aromatic carbocycles. The Morgan fingerprint density at radius 1 is 1.50 bits per heavy atom. The van der Waals surface area contributed by atoms with E-state index in [9.17, 15) is 8.42 Å². The second-order valence-corrected chi connectivity index (χ2v) is 7.05. The molecule has 7 heteroatoms. The number of nitrogens with one attached hydrogen (secondary N) is 1. The molecule has 0 bridgehead atoms. The Hall–Kier alpha value is 0.310. The number of alkyl halides is 1. The van der Waals surface area contributed by atoms with Crippen LogP contribution < -0.4 is 4.72 Å². The van der Waals surface area contributed by atoms with Crippen LogP contribution in [0.2, 0.25) is 0 Å². The van der Waals surface area contributed by atoms with Crippen LogP contribution in [0.4, 0.5) is 0 Å².